The van der Waals surface area contributed by atoms with E-state index >= 15 is 0 Å². The first-order valence-electron chi connectivity index (χ1n) is 9.40. The van der Waals surface area contributed by atoms with Gasteiger partial charge in [0.05, 0.1) is 25.5 Å². The van der Waals surface area contributed by atoms with Crippen molar-refractivity contribution in [3.8, 4) is 0 Å². The molecule has 1 saturated heterocycles. The van der Waals surface area contributed by atoms with Gasteiger partial charge < -0.3 is 15.0 Å². The summed E-state index contributed by atoms with van der Waals surface area (Å²) < 4.78 is 5.64. The Labute approximate surface area is 167 Å². The summed E-state index contributed by atoms with van der Waals surface area (Å²) in [7, 11) is 1.33. The fourth-order valence-corrected chi connectivity index (χ4v) is 4.41. The third-order valence-corrected chi connectivity index (χ3v) is 5.95. The van der Waals surface area contributed by atoms with Gasteiger partial charge in [-0.3, -0.25) is 14.4 Å². The average molecular weight is 437 g/mol. The van der Waals surface area contributed by atoms with Crippen molar-refractivity contribution >= 4 is 33.7 Å². The zero-order valence-corrected chi connectivity index (χ0v) is 17.0. The fraction of sp³-hybridized carbons (Fsp3) is 0.550. The highest BCUT2D eigenvalue weighted by Gasteiger charge is 2.39. The van der Waals surface area contributed by atoms with Gasteiger partial charge in [0.15, 0.2) is 0 Å². The van der Waals surface area contributed by atoms with Crippen molar-refractivity contribution in [2.75, 3.05) is 13.7 Å². The first-order chi connectivity index (χ1) is 13.0. The molecule has 7 heteroatoms. The second-order valence-corrected chi connectivity index (χ2v) is 8.20. The second-order valence-electron chi connectivity index (χ2n) is 7.28. The number of esters is 1. The van der Waals surface area contributed by atoms with Crippen LogP contribution in [0.4, 0.5) is 0 Å². The van der Waals surface area contributed by atoms with E-state index in [4.69, 9.17) is 4.74 Å². The van der Waals surface area contributed by atoms with Crippen molar-refractivity contribution in [1.29, 1.82) is 0 Å². The van der Waals surface area contributed by atoms with Crippen LogP contribution in [-0.2, 0) is 19.1 Å². The lowest BCUT2D eigenvalue weighted by Gasteiger charge is -2.24. The molecule has 1 aliphatic carbocycles. The molecule has 3 rings (SSSR count). The summed E-state index contributed by atoms with van der Waals surface area (Å²) >= 11 is 3.42. The van der Waals surface area contributed by atoms with Crippen molar-refractivity contribution in [1.82, 2.24) is 10.2 Å². The standard InChI is InChI=1S/C20H25BrN2O4/c1-27-19(25)11-17(13-5-4-6-15(21)9-13)22-20(26)14-10-18(24)23(12-14)16-7-2-3-8-16/h4-6,9,14,16-17H,2-3,7-8,10-12H2,1H3,(H,22,26). The van der Waals surface area contributed by atoms with Crippen LogP contribution >= 0.6 is 15.9 Å². The average Bonchev–Trinajstić information content (AvgIpc) is 3.30. The predicted octanol–water partition coefficient (Wildman–Crippen LogP) is 2.96. The largest absolute Gasteiger partial charge is 0.469 e. The summed E-state index contributed by atoms with van der Waals surface area (Å²) in [6.45, 7) is 0.471. The van der Waals surface area contributed by atoms with E-state index in [0.717, 1.165) is 35.7 Å². The number of rotatable bonds is 6. The minimum atomic E-state index is -0.488. The molecule has 0 bridgehead atoms. The SMILES string of the molecule is COC(=O)CC(NC(=O)C1CC(=O)N(C2CCCC2)C1)c1cccc(Br)c1. The Bertz CT molecular complexity index is 718. The maximum atomic E-state index is 12.8. The molecule has 6 nitrogen and oxygen atoms in total. The predicted molar refractivity (Wildman–Crippen MR) is 104 cm³/mol. The number of nitrogens with one attached hydrogen (secondary N) is 1. The number of nitrogens with zero attached hydrogens (tertiary/aromatic N) is 1. The fourth-order valence-electron chi connectivity index (χ4n) is 3.99. The van der Waals surface area contributed by atoms with Gasteiger partial charge in [0, 0.05) is 23.5 Å². The van der Waals surface area contributed by atoms with Crippen LogP contribution in [0, 0.1) is 5.92 Å². The van der Waals surface area contributed by atoms with Gasteiger partial charge in [-0.05, 0) is 30.5 Å². The Morgan fingerprint density at radius 2 is 2.07 bits per heavy atom. The van der Waals surface area contributed by atoms with E-state index in [0.29, 0.717) is 6.54 Å². The first kappa shape index (κ1) is 19.9. The molecule has 1 heterocycles. The molecule has 2 aliphatic rings. The molecule has 0 radical (unpaired) electrons. The summed E-state index contributed by atoms with van der Waals surface area (Å²) in [6.07, 6.45) is 4.65. The molecule has 1 aromatic carbocycles. The maximum absolute atomic E-state index is 12.8. The van der Waals surface area contributed by atoms with Gasteiger partial charge >= 0.3 is 5.97 Å². The first-order valence-corrected chi connectivity index (χ1v) is 10.2. The quantitative estimate of drug-likeness (QED) is 0.695. The third-order valence-electron chi connectivity index (χ3n) is 5.46. The summed E-state index contributed by atoms with van der Waals surface area (Å²) in [6, 6.07) is 7.28. The van der Waals surface area contributed by atoms with E-state index in [1.54, 1.807) is 0 Å². The third kappa shape index (κ3) is 4.89. The molecule has 1 N–H and O–H groups in total. The number of hydrogen-bond acceptors (Lipinski definition) is 4. The highest BCUT2D eigenvalue weighted by molar-refractivity contribution is 9.10. The minimum Gasteiger partial charge on any atom is -0.469 e. The highest BCUT2D eigenvalue weighted by atomic mass is 79.9. The highest BCUT2D eigenvalue weighted by Crippen LogP contribution is 2.30. The smallest absolute Gasteiger partial charge is 0.307 e. The lowest BCUT2D eigenvalue weighted by molar-refractivity contribution is -0.141. The Morgan fingerprint density at radius 1 is 1.33 bits per heavy atom. The topological polar surface area (TPSA) is 75.7 Å². The normalized spacial score (nSPS) is 21.3. The zero-order valence-electron chi connectivity index (χ0n) is 15.4. The number of methoxy groups -OCH3 is 1. The van der Waals surface area contributed by atoms with Crippen molar-refractivity contribution in [3.05, 3.63) is 34.3 Å². The number of carbonyl (C=O) groups is 3. The molecule has 2 fully saturated rings. The van der Waals surface area contributed by atoms with Crippen LogP contribution in [0.15, 0.2) is 28.7 Å². The Kier molecular flexibility index (Phi) is 6.52. The Balaban J connectivity index is 1.68. The van der Waals surface area contributed by atoms with E-state index < -0.39 is 12.0 Å². The van der Waals surface area contributed by atoms with E-state index in [9.17, 15) is 14.4 Å². The lowest BCUT2D eigenvalue weighted by atomic mass is 10.0. The van der Waals surface area contributed by atoms with Crippen molar-refractivity contribution in [2.45, 2.75) is 50.6 Å². The zero-order chi connectivity index (χ0) is 19.4. The second kappa shape index (κ2) is 8.87. The Morgan fingerprint density at radius 3 is 2.74 bits per heavy atom. The number of carbonyl (C=O) groups excluding carboxylic acids is 3. The summed E-state index contributed by atoms with van der Waals surface area (Å²) in [5, 5.41) is 2.96. The van der Waals surface area contributed by atoms with Gasteiger partial charge in [0.25, 0.3) is 0 Å². The van der Waals surface area contributed by atoms with Gasteiger partial charge in [-0.1, -0.05) is 40.9 Å². The molecule has 1 aliphatic heterocycles. The molecule has 2 unspecified atom stereocenters. The van der Waals surface area contributed by atoms with Crippen LogP contribution < -0.4 is 5.32 Å². The van der Waals surface area contributed by atoms with E-state index in [1.165, 1.54) is 7.11 Å². The summed E-state index contributed by atoms with van der Waals surface area (Å²) in [5.41, 5.74) is 0.820. The van der Waals surface area contributed by atoms with E-state index in [2.05, 4.69) is 21.2 Å². The number of amides is 2. The summed E-state index contributed by atoms with van der Waals surface area (Å²) in [5.74, 6) is -0.882. The number of benzene rings is 1. The van der Waals surface area contributed by atoms with Gasteiger partial charge in [-0.25, -0.2) is 0 Å². The molecule has 2 atom stereocenters. The number of halogens is 1. The maximum Gasteiger partial charge on any atom is 0.307 e. The molecule has 2 amide bonds. The van der Waals surface area contributed by atoms with Gasteiger partial charge in [-0.2, -0.15) is 0 Å². The van der Waals surface area contributed by atoms with Crippen molar-refractivity contribution in [2.24, 2.45) is 5.92 Å². The van der Waals surface area contributed by atoms with Crippen LogP contribution in [0.1, 0.15) is 50.1 Å². The molecule has 0 aromatic heterocycles. The van der Waals surface area contributed by atoms with Crippen molar-refractivity contribution in [3.63, 3.8) is 0 Å². The van der Waals surface area contributed by atoms with Crippen LogP contribution in [0.2, 0.25) is 0 Å². The number of hydrogen-bond donors (Lipinski definition) is 1. The monoisotopic (exact) mass is 436 g/mol. The van der Waals surface area contributed by atoms with Crippen LogP contribution in [-0.4, -0.2) is 42.4 Å². The molecular weight excluding hydrogens is 412 g/mol. The molecule has 1 aromatic rings. The molecular formula is C20H25BrN2O4. The van der Waals surface area contributed by atoms with Crippen LogP contribution in [0.25, 0.3) is 0 Å². The molecule has 1 saturated carbocycles. The molecule has 27 heavy (non-hydrogen) atoms. The van der Waals surface area contributed by atoms with Crippen LogP contribution in [0.5, 0.6) is 0 Å². The van der Waals surface area contributed by atoms with Crippen molar-refractivity contribution < 1.29 is 19.1 Å². The van der Waals surface area contributed by atoms with Crippen LogP contribution in [0.3, 0.4) is 0 Å². The summed E-state index contributed by atoms with van der Waals surface area (Å²) in [4.78, 5) is 38.9. The van der Waals surface area contributed by atoms with Gasteiger partial charge in [0.1, 0.15) is 0 Å². The lowest BCUT2D eigenvalue weighted by Crippen LogP contribution is -2.38. The molecule has 146 valence electrons. The number of likely N-dealkylation sites (tertiary alicyclic amines) is 1. The van der Waals surface area contributed by atoms with Gasteiger partial charge in [0.2, 0.25) is 11.8 Å². The molecule has 0 spiro atoms. The van der Waals surface area contributed by atoms with E-state index in [1.807, 2.05) is 29.2 Å². The van der Waals surface area contributed by atoms with E-state index in [-0.39, 0.29) is 36.6 Å². The van der Waals surface area contributed by atoms with Gasteiger partial charge in [-0.15, -0.1) is 0 Å². The Hall–Kier alpha value is -1.89. The number of ether oxygens (including phenoxy) is 1. The minimum absolute atomic E-state index is 0.0473.